The molecule has 2 aromatic heterocycles. The van der Waals surface area contributed by atoms with Crippen LogP contribution in [-0.4, -0.2) is 40.8 Å². The average molecular weight is 386 g/mol. The van der Waals surface area contributed by atoms with Crippen molar-refractivity contribution in [2.24, 2.45) is 0 Å². The molecule has 2 aromatic rings. The maximum Gasteiger partial charge on any atom is 0.393 e. The van der Waals surface area contributed by atoms with Gasteiger partial charge in [-0.25, -0.2) is 9.97 Å². The summed E-state index contributed by atoms with van der Waals surface area (Å²) in [5.41, 5.74) is 0.0746. The van der Waals surface area contributed by atoms with Gasteiger partial charge in [0, 0.05) is 29.5 Å². The number of aromatic nitrogens is 2. The number of rotatable bonds is 4. The molecule has 1 N–H and O–H groups in total. The smallest absolute Gasteiger partial charge is 0.356 e. The van der Waals surface area contributed by atoms with E-state index in [-0.39, 0.29) is 10.4 Å². The third-order valence-corrected chi connectivity index (χ3v) is 5.80. The van der Waals surface area contributed by atoms with Crippen LogP contribution in [0.2, 0.25) is 0 Å². The molecule has 0 aliphatic carbocycles. The van der Waals surface area contributed by atoms with Crippen molar-refractivity contribution in [3.8, 4) is 0 Å². The summed E-state index contributed by atoms with van der Waals surface area (Å²) in [6.45, 7) is 8.22. The summed E-state index contributed by atoms with van der Waals surface area (Å²) in [6, 6.07) is 2.03. The van der Waals surface area contributed by atoms with Gasteiger partial charge in [-0.3, -0.25) is 0 Å². The Hall–Kier alpha value is -1.41. The van der Waals surface area contributed by atoms with Crippen molar-refractivity contribution in [1.29, 1.82) is 0 Å². The summed E-state index contributed by atoms with van der Waals surface area (Å²) in [5.74, 6) is 0.758. The third kappa shape index (κ3) is 4.65. The Morgan fingerprint density at radius 2 is 2.04 bits per heavy atom. The number of nitrogens with zero attached hydrogens (tertiary/aromatic N) is 3. The number of hydrogen-bond donors (Lipinski definition) is 1. The quantitative estimate of drug-likeness (QED) is 0.837. The van der Waals surface area contributed by atoms with E-state index in [1.54, 1.807) is 6.07 Å². The molecule has 0 saturated carbocycles. The van der Waals surface area contributed by atoms with Crippen LogP contribution in [0.5, 0.6) is 0 Å². The summed E-state index contributed by atoms with van der Waals surface area (Å²) in [6.07, 6.45) is -0.608. The zero-order chi connectivity index (χ0) is 18.9. The van der Waals surface area contributed by atoms with Gasteiger partial charge in [-0.2, -0.15) is 13.2 Å². The highest BCUT2D eigenvalue weighted by Crippen LogP contribution is 2.35. The molecule has 1 fully saturated rings. The molecule has 26 heavy (non-hydrogen) atoms. The molecule has 0 bridgehead atoms. The highest BCUT2D eigenvalue weighted by molar-refractivity contribution is 7.18. The maximum atomic E-state index is 12.7. The monoisotopic (exact) mass is 386 g/mol. The van der Waals surface area contributed by atoms with Gasteiger partial charge in [0.1, 0.15) is 17.0 Å². The second kappa shape index (κ2) is 7.31. The Morgan fingerprint density at radius 1 is 1.27 bits per heavy atom. The molecule has 0 amide bonds. The van der Waals surface area contributed by atoms with Gasteiger partial charge in [-0.1, -0.05) is 13.8 Å². The minimum Gasteiger partial charge on any atom is -0.356 e. The molecule has 3 heterocycles. The van der Waals surface area contributed by atoms with E-state index in [1.807, 2.05) is 0 Å². The fraction of sp³-hybridized carbons (Fsp3) is 0.667. The third-order valence-electron chi connectivity index (χ3n) is 4.76. The van der Waals surface area contributed by atoms with Crippen LogP contribution >= 0.6 is 11.3 Å². The Kier molecular flexibility index (Phi) is 5.44. The summed E-state index contributed by atoms with van der Waals surface area (Å²) in [7, 11) is 0. The first-order chi connectivity index (χ1) is 12.2. The van der Waals surface area contributed by atoms with Crippen molar-refractivity contribution < 1.29 is 13.2 Å². The normalized spacial score (nSPS) is 22.2. The van der Waals surface area contributed by atoms with Gasteiger partial charge in [-0.15, -0.1) is 11.3 Å². The number of nitrogens with one attached hydrogen (secondary N) is 1. The molecular weight excluding hydrogens is 361 g/mol. The van der Waals surface area contributed by atoms with E-state index in [0.29, 0.717) is 10.9 Å². The minimum absolute atomic E-state index is 0.0746. The van der Waals surface area contributed by atoms with E-state index < -0.39 is 12.6 Å². The molecule has 1 aliphatic heterocycles. The lowest BCUT2D eigenvalue weighted by Gasteiger charge is -2.32. The van der Waals surface area contributed by atoms with Crippen LogP contribution < -0.4 is 10.2 Å². The molecule has 3 rings (SSSR count). The Balaban J connectivity index is 1.84. The average Bonchev–Trinajstić information content (AvgIpc) is 2.80. The molecule has 1 aliphatic rings. The molecule has 1 saturated heterocycles. The first-order valence-electron chi connectivity index (χ1n) is 8.98. The van der Waals surface area contributed by atoms with Gasteiger partial charge in [0.2, 0.25) is 0 Å². The van der Waals surface area contributed by atoms with Gasteiger partial charge >= 0.3 is 6.18 Å². The fourth-order valence-electron chi connectivity index (χ4n) is 3.76. The fourth-order valence-corrected chi connectivity index (χ4v) is 4.78. The van der Waals surface area contributed by atoms with Crippen LogP contribution in [0, 0.1) is 0 Å². The van der Waals surface area contributed by atoms with Crippen LogP contribution in [0.3, 0.4) is 0 Å². The van der Waals surface area contributed by atoms with E-state index >= 15 is 0 Å². The summed E-state index contributed by atoms with van der Waals surface area (Å²) < 4.78 is 38.2. The lowest BCUT2D eigenvalue weighted by Crippen LogP contribution is -2.46. The van der Waals surface area contributed by atoms with E-state index in [0.717, 1.165) is 54.9 Å². The van der Waals surface area contributed by atoms with Crippen molar-refractivity contribution >= 4 is 27.4 Å². The summed E-state index contributed by atoms with van der Waals surface area (Å²) in [5, 5.41) is 4.39. The standard InChI is InChI=1S/C18H25F3N4S/c1-12(2)24-17(3)5-4-7-25(8-6-17)15-14-9-13(10-18(19,20)21)26-16(14)23-11-22-15/h9,11-12,24H,4-8,10H2,1-3H3/t17-/m1/s1. The van der Waals surface area contributed by atoms with Gasteiger partial charge in [0.25, 0.3) is 0 Å². The van der Waals surface area contributed by atoms with Gasteiger partial charge in [0.15, 0.2) is 0 Å². The summed E-state index contributed by atoms with van der Waals surface area (Å²) in [4.78, 5) is 11.7. The van der Waals surface area contributed by atoms with Crippen LogP contribution in [0.1, 0.15) is 44.9 Å². The van der Waals surface area contributed by atoms with Crippen LogP contribution in [0.25, 0.3) is 10.2 Å². The minimum atomic E-state index is -4.21. The van der Waals surface area contributed by atoms with Crippen molar-refractivity contribution in [3.63, 3.8) is 0 Å². The van der Waals surface area contributed by atoms with Crippen molar-refractivity contribution in [2.45, 2.75) is 64.2 Å². The molecule has 8 heteroatoms. The topological polar surface area (TPSA) is 41.0 Å². The molecule has 0 unspecified atom stereocenters. The Bertz CT molecular complexity index is 758. The molecule has 1 atom stereocenters. The summed E-state index contributed by atoms with van der Waals surface area (Å²) >= 11 is 1.11. The van der Waals surface area contributed by atoms with Crippen molar-refractivity contribution in [1.82, 2.24) is 15.3 Å². The highest BCUT2D eigenvalue weighted by Gasteiger charge is 2.31. The number of thiophene rings is 1. The second-order valence-electron chi connectivity index (χ2n) is 7.62. The molecule has 0 aromatic carbocycles. The number of fused-ring (bicyclic) bond motifs is 1. The predicted octanol–water partition coefficient (Wildman–Crippen LogP) is 4.54. The van der Waals surface area contributed by atoms with E-state index in [1.165, 1.54) is 6.33 Å². The highest BCUT2D eigenvalue weighted by atomic mass is 32.1. The predicted molar refractivity (Wildman–Crippen MR) is 99.9 cm³/mol. The Labute approximate surface area is 155 Å². The first-order valence-corrected chi connectivity index (χ1v) is 9.80. The zero-order valence-electron chi connectivity index (χ0n) is 15.4. The molecule has 0 spiro atoms. The van der Waals surface area contributed by atoms with Crippen LogP contribution in [-0.2, 0) is 6.42 Å². The van der Waals surface area contributed by atoms with E-state index in [9.17, 15) is 13.2 Å². The number of hydrogen-bond acceptors (Lipinski definition) is 5. The zero-order valence-corrected chi connectivity index (χ0v) is 16.2. The number of alkyl halides is 3. The van der Waals surface area contributed by atoms with E-state index in [4.69, 9.17) is 0 Å². The molecule has 4 nitrogen and oxygen atoms in total. The van der Waals surface area contributed by atoms with Crippen molar-refractivity contribution in [3.05, 3.63) is 17.3 Å². The number of anilines is 1. The molecular formula is C18H25F3N4S. The van der Waals surface area contributed by atoms with Crippen LogP contribution in [0.15, 0.2) is 12.4 Å². The second-order valence-corrected chi connectivity index (χ2v) is 8.74. The lowest BCUT2D eigenvalue weighted by molar-refractivity contribution is -0.126. The largest absolute Gasteiger partial charge is 0.393 e. The van der Waals surface area contributed by atoms with Gasteiger partial charge in [-0.05, 0) is 32.3 Å². The van der Waals surface area contributed by atoms with Crippen LogP contribution in [0.4, 0.5) is 19.0 Å². The SMILES string of the molecule is CC(C)N[C@]1(C)CCCN(c2ncnc3sc(CC(F)(F)F)cc23)CC1. The first kappa shape index (κ1) is 19.4. The van der Waals surface area contributed by atoms with Gasteiger partial charge < -0.3 is 10.2 Å². The number of halogens is 3. The lowest BCUT2D eigenvalue weighted by atomic mass is 9.92. The van der Waals surface area contributed by atoms with E-state index in [2.05, 4.69) is 41.0 Å². The molecule has 0 radical (unpaired) electrons. The Morgan fingerprint density at radius 3 is 2.73 bits per heavy atom. The van der Waals surface area contributed by atoms with Gasteiger partial charge in [0.05, 0.1) is 11.8 Å². The molecule has 144 valence electrons. The maximum absolute atomic E-state index is 12.7. The van der Waals surface area contributed by atoms with Crippen molar-refractivity contribution in [2.75, 3.05) is 18.0 Å².